The van der Waals surface area contributed by atoms with Gasteiger partial charge in [-0.15, -0.1) is 0 Å². The molecule has 11 unspecified atom stereocenters. The van der Waals surface area contributed by atoms with E-state index in [1.54, 1.807) is 0 Å². The Morgan fingerprint density at radius 1 is 0.486 bits per heavy atom. The minimum Gasteiger partial charge on any atom is -0.457 e. The van der Waals surface area contributed by atoms with Crippen LogP contribution in [0, 0.1) is 0 Å². The largest absolute Gasteiger partial charge is 0.457 e. The number of allylic oxidation sites excluding steroid dienone is 12. The maximum absolute atomic E-state index is 13.0. The van der Waals surface area contributed by atoms with Crippen LogP contribution in [0.1, 0.15) is 174 Å². The molecule has 0 aromatic heterocycles. The van der Waals surface area contributed by atoms with E-state index >= 15 is 0 Å². The molecule has 0 aromatic rings. The smallest absolute Gasteiger partial charge is 0.306 e. The zero-order valence-electron chi connectivity index (χ0n) is 43.0. The van der Waals surface area contributed by atoms with Crippen LogP contribution in [0.4, 0.5) is 0 Å². The third-order valence-electron chi connectivity index (χ3n) is 12.4. The summed E-state index contributed by atoms with van der Waals surface area (Å²) < 4.78 is 34.3. The van der Waals surface area contributed by atoms with E-state index in [1.165, 1.54) is 38.5 Å². The summed E-state index contributed by atoms with van der Waals surface area (Å²) in [5, 5.41) is 72.2. The van der Waals surface area contributed by atoms with Crippen LogP contribution < -0.4 is 0 Å². The summed E-state index contributed by atoms with van der Waals surface area (Å²) in [6.07, 6.45) is 36.7. The number of carbonyl (C=O) groups is 1. The lowest BCUT2D eigenvalue weighted by molar-refractivity contribution is -0.332. The van der Waals surface area contributed by atoms with Gasteiger partial charge in [0, 0.05) is 13.0 Å². The normalized spacial score (nSPS) is 26.1. The molecule has 0 saturated carbocycles. The highest BCUT2D eigenvalue weighted by Crippen LogP contribution is 2.26. The van der Waals surface area contributed by atoms with Crippen molar-refractivity contribution in [1.29, 1.82) is 0 Å². The Kier molecular flexibility index (Phi) is 38.9. The second-order valence-electron chi connectivity index (χ2n) is 18.7. The maximum Gasteiger partial charge on any atom is 0.306 e. The zero-order chi connectivity index (χ0) is 50.9. The quantitative estimate of drug-likeness (QED) is 0.0173. The molecule has 404 valence electrons. The molecule has 2 aliphatic rings. The van der Waals surface area contributed by atoms with E-state index in [9.17, 15) is 40.5 Å². The molecule has 0 amide bonds. The van der Waals surface area contributed by atoms with Gasteiger partial charge in [0.05, 0.1) is 26.4 Å². The summed E-state index contributed by atoms with van der Waals surface area (Å²) in [6, 6.07) is 0. The average Bonchev–Trinajstić information content (AvgIpc) is 3.36. The predicted molar refractivity (Wildman–Crippen MR) is 275 cm³/mol. The number of aliphatic hydroxyl groups excluding tert-OH is 7. The van der Waals surface area contributed by atoms with Crippen molar-refractivity contribution in [3.8, 4) is 0 Å². The summed E-state index contributed by atoms with van der Waals surface area (Å²) in [4.78, 5) is 13.0. The highest BCUT2D eigenvalue weighted by Gasteiger charge is 2.47. The molecule has 0 aliphatic carbocycles. The molecule has 0 bridgehead atoms. The Bertz CT molecular complexity index is 1430. The minimum absolute atomic E-state index is 0.0445. The van der Waals surface area contributed by atoms with Crippen LogP contribution in [0.2, 0.25) is 0 Å². The van der Waals surface area contributed by atoms with Crippen molar-refractivity contribution < 1.29 is 69.0 Å². The fourth-order valence-electron chi connectivity index (χ4n) is 8.07. The fraction of sp³-hybridized carbons (Fsp3) is 0.768. The van der Waals surface area contributed by atoms with Gasteiger partial charge >= 0.3 is 5.97 Å². The number of esters is 1. The van der Waals surface area contributed by atoms with Crippen LogP contribution in [0.25, 0.3) is 0 Å². The molecule has 2 saturated heterocycles. The van der Waals surface area contributed by atoms with Gasteiger partial charge in [-0.05, 0) is 83.5 Å². The Morgan fingerprint density at radius 2 is 0.929 bits per heavy atom. The van der Waals surface area contributed by atoms with E-state index in [4.69, 9.17) is 28.4 Å². The Balaban J connectivity index is 1.75. The van der Waals surface area contributed by atoms with Gasteiger partial charge in [0.25, 0.3) is 0 Å². The molecule has 2 fully saturated rings. The van der Waals surface area contributed by atoms with Crippen LogP contribution in [0.3, 0.4) is 0 Å². The van der Waals surface area contributed by atoms with Crippen molar-refractivity contribution in [1.82, 2.24) is 0 Å². The lowest BCUT2D eigenvalue weighted by atomic mass is 9.98. The third kappa shape index (κ3) is 29.8. The standard InChI is InChI=1S/C56H96O14/c1-3-5-7-9-11-13-15-17-19-20-21-22-23-24-25-26-28-30-32-34-36-38-40-65-42-45(68-48(58)39-37-35-33-31-29-27-18-16-14-12-10-8-6-4-2)43-66-55-54(64)52(62)50(60)47(70-55)44-67-56-53(63)51(61)49(59)46(41-57)69-56/h5,7,11,13,16-19,21-22,24-25,45-47,49-57,59-64H,3-4,6,8-10,12,14-15,20,23,26-44H2,1-2H3/b7-5-,13-11-,18-16-,19-17-,22-21-,25-24-. The molecular formula is C56H96O14. The third-order valence-corrected chi connectivity index (χ3v) is 12.4. The minimum atomic E-state index is -1.71. The second-order valence-corrected chi connectivity index (χ2v) is 18.7. The van der Waals surface area contributed by atoms with E-state index in [-0.39, 0.29) is 19.6 Å². The number of rotatable bonds is 42. The Morgan fingerprint density at radius 3 is 1.47 bits per heavy atom. The van der Waals surface area contributed by atoms with Crippen molar-refractivity contribution in [2.24, 2.45) is 0 Å². The van der Waals surface area contributed by atoms with Crippen molar-refractivity contribution in [3.63, 3.8) is 0 Å². The van der Waals surface area contributed by atoms with Crippen LogP contribution >= 0.6 is 0 Å². The monoisotopic (exact) mass is 993 g/mol. The van der Waals surface area contributed by atoms with E-state index in [2.05, 4.69) is 86.8 Å². The average molecular weight is 993 g/mol. The molecule has 0 spiro atoms. The molecule has 7 N–H and O–H groups in total. The SMILES string of the molecule is CC/C=C\C/C=C\C/C=C\C/C=C\C/C=C\CCCCCCCCOCC(COC1OC(COC2OC(CO)C(O)C(O)C2O)C(O)C(O)C1O)OC(=O)CCCCCCC/C=C\CCCCCCC. The molecule has 0 radical (unpaired) electrons. The number of unbranched alkanes of at least 4 members (excludes halogenated alkanes) is 16. The number of ether oxygens (including phenoxy) is 6. The van der Waals surface area contributed by atoms with E-state index in [0.29, 0.717) is 13.0 Å². The number of hydrogen-bond donors (Lipinski definition) is 7. The number of aliphatic hydroxyl groups is 7. The maximum atomic E-state index is 13.0. The summed E-state index contributed by atoms with van der Waals surface area (Å²) in [5.41, 5.74) is 0. The van der Waals surface area contributed by atoms with Crippen LogP contribution in [0.5, 0.6) is 0 Å². The summed E-state index contributed by atoms with van der Waals surface area (Å²) in [6.45, 7) is 3.50. The number of carbonyl (C=O) groups excluding carboxylic acids is 1. The van der Waals surface area contributed by atoms with Gasteiger partial charge in [0.1, 0.15) is 54.9 Å². The molecular weight excluding hydrogens is 897 g/mol. The topological polar surface area (TPSA) is 214 Å². The molecule has 14 heteroatoms. The van der Waals surface area contributed by atoms with Gasteiger partial charge in [-0.1, -0.05) is 157 Å². The van der Waals surface area contributed by atoms with Crippen molar-refractivity contribution >= 4 is 5.97 Å². The van der Waals surface area contributed by atoms with Gasteiger partial charge in [-0.2, -0.15) is 0 Å². The zero-order valence-corrected chi connectivity index (χ0v) is 43.0. The van der Waals surface area contributed by atoms with Gasteiger partial charge in [0.15, 0.2) is 12.6 Å². The first kappa shape index (κ1) is 63.5. The van der Waals surface area contributed by atoms with E-state index in [0.717, 1.165) is 109 Å². The van der Waals surface area contributed by atoms with Crippen molar-refractivity contribution in [2.75, 3.05) is 33.0 Å². The highest BCUT2D eigenvalue weighted by molar-refractivity contribution is 5.69. The molecule has 2 heterocycles. The van der Waals surface area contributed by atoms with Crippen LogP contribution in [-0.4, -0.2) is 142 Å². The van der Waals surface area contributed by atoms with Gasteiger partial charge < -0.3 is 64.2 Å². The summed E-state index contributed by atoms with van der Waals surface area (Å²) in [5.74, 6) is -0.393. The Labute approximate surface area is 421 Å². The molecule has 14 nitrogen and oxygen atoms in total. The molecule has 2 rings (SSSR count). The van der Waals surface area contributed by atoms with Gasteiger partial charge in [-0.3, -0.25) is 4.79 Å². The van der Waals surface area contributed by atoms with E-state index < -0.39 is 86.7 Å². The van der Waals surface area contributed by atoms with Crippen molar-refractivity contribution in [3.05, 3.63) is 72.9 Å². The Hall–Kier alpha value is -2.57. The van der Waals surface area contributed by atoms with Gasteiger partial charge in [0.2, 0.25) is 0 Å². The summed E-state index contributed by atoms with van der Waals surface area (Å²) in [7, 11) is 0. The van der Waals surface area contributed by atoms with Crippen LogP contribution in [-0.2, 0) is 33.2 Å². The number of hydrogen-bond acceptors (Lipinski definition) is 14. The first-order chi connectivity index (χ1) is 34.1. The lowest BCUT2D eigenvalue weighted by Crippen LogP contribution is -2.61. The molecule has 11 atom stereocenters. The first-order valence-corrected chi connectivity index (χ1v) is 27.0. The first-order valence-electron chi connectivity index (χ1n) is 27.0. The predicted octanol–water partition coefficient (Wildman–Crippen LogP) is 8.69. The summed E-state index contributed by atoms with van der Waals surface area (Å²) >= 11 is 0. The van der Waals surface area contributed by atoms with Gasteiger partial charge in [-0.25, -0.2) is 0 Å². The van der Waals surface area contributed by atoms with Crippen molar-refractivity contribution in [2.45, 2.75) is 242 Å². The molecule has 0 aromatic carbocycles. The van der Waals surface area contributed by atoms with E-state index in [1.807, 2.05) is 0 Å². The van der Waals surface area contributed by atoms with Crippen LogP contribution in [0.15, 0.2) is 72.9 Å². The fourth-order valence-corrected chi connectivity index (χ4v) is 8.07. The molecule has 2 aliphatic heterocycles. The second kappa shape index (κ2) is 42.9. The molecule has 70 heavy (non-hydrogen) atoms. The lowest BCUT2D eigenvalue weighted by Gasteiger charge is -2.42. The highest BCUT2D eigenvalue weighted by atomic mass is 16.7.